The minimum Gasteiger partial charge on any atom is -0.497 e. The molecule has 0 aliphatic heterocycles. The summed E-state index contributed by atoms with van der Waals surface area (Å²) in [6.07, 6.45) is 0. The van der Waals surface area contributed by atoms with Crippen LogP contribution in [0.1, 0.15) is 32.7 Å². The Kier molecular flexibility index (Phi) is 7.87. The summed E-state index contributed by atoms with van der Waals surface area (Å²) in [6, 6.07) is 16.8. The number of aromatic nitrogens is 2. The van der Waals surface area contributed by atoms with E-state index in [2.05, 4.69) is 14.7 Å². The van der Waals surface area contributed by atoms with Gasteiger partial charge in [0.1, 0.15) is 22.8 Å². The van der Waals surface area contributed by atoms with Gasteiger partial charge < -0.3 is 14.2 Å². The molecule has 2 heterocycles. The van der Waals surface area contributed by atoms with Crippen molar-refractivity contribution in [1.82, 2.24) is 14.7 Å². The van der Waals surface area contributed by atoms with Crippen LogP contribution in [-0.2, 0) is 10.0 Å². The number of pyridine rings is 2. The van der Waals surface area contributed by atoms with Crippen molar-refractivity contribution >= 4 is 15.9 Å². The summed E-state index contributed by atoms with van der Waals surface area (Å²) in [5.74, 6) is 0.660. The number of hydrogen-bond acceptors (Lipinski definition) is 8. The van der Waals surface area contributed by atoms with Gasteiger partial charge in [0.05, 0.1) is 19.9 Å². The molecular formula is C29H29N3O6S. The molecule has 0 fully saturated rings. The fraction of sp³-hybridized carbons (Fsp3) is 0.207. The van der Waals surface area contributed by atoms with Crippen LogP contribution < -0.4 is 18.9 Å². The summed E-state index contributed by atoms with van der Waals surface area (Å²) in [7, 11) is -1.16. The highest BCUT2D eigenvalue weighted by molar-refractivity contribution is 7.90. The van der Waals surface area contributed by atoms with Gasteiger partial charge in [0, 0.05) is 17.3 Å². The number of ether oxygens (including phenoxy) is 3. The molecule has 0 unspecified atom stereocenters. The van der Waals surface area contributed by atoms with Crippen LogP contribution >= 0.6 is 0 Å². The number of aryl methyl sites for hydroxylation is 4. The topological polar surface area (TPSA) is 117 Å². The smallest absolute Gasteiger partial charge is 0.281 e. The number of amides is 1. The number of carbonyl (C=O) groups is 1. The molecule has 0 aliphatic carbocycles. The standard InChI is InChI=1S/C29H29N3O6S/c1-17-12-18(2)27(19(3)13-17)38-29-24(28(33)32-39(34,35)26-9-7-8-20(4)30-26)10-11-25(31-29)21-14-22(36-5)16-23(15-21)37-6/h7-16H,1-6H3,(H,32,33). The number of rotatable bonds is 8. The second-order valence-corrected chi connectivity index (χ2v) is 10.7. The van der Waals surface area contributed by atoms with Crippen molar-refractivity contribution in [1.29, 1.82) is 0 Å². The zero-order valence-corrected chi connectivity index (χ0v) is 23.3. The Bertz CT molecular complexity index is 1620. The van der Waals surface area contributed by atoms with Crippen LogP contribution in [-0.4, -0.2) is 38.5 Å². The van der Waals surface area contributed by atoms with Crippen LogP contribution in [0.3, 0.4) is 0 Å². The molecule has 0 radical (unpaired) electrons. The van der Waals surface area contributed by atoms with E-state index in [1.54, 1.807) is 57.5 Å². The monoisotopic (exact) mass is 547 g/mol. The summed E-state index contributed by atoms with van der Waals surface area (Å²) in [4.78, 5) is 22.0. The molecule has 4 aromatic rings. The van der Waals surface area contributed by atoms with E-state index < -0.39 is 15.9 Å². The minimum atomic E-state index is -4.25. The predicted molar refractivity (Wildman–Crippen MR) is 147 cm³/mol. The SMILES string of the molecule is COc1cc(OC)cc(-c2ccc(C(=O)NS(=O)(=O)c3cccc(C)n3)c(Oc3c(C)cc(C)cc3C)n2)c1. The zero-order valence-electron chi connectivity index (χ0n) is 22.5. The van der Waals surface area contributed by atoms with Gasteiger partial charge >= 0.3 is 0 Å². The number of nitrogens with zero attached hydrogens (tertiary/aromatic N) is 2. The Labute approximate surface area is 227 Å². The van der Waals surface area contributed by atoms with Gasteiger partial charge in [0.2, 0.25) is 5.88 Å². The van der Waals surface area contributed by atoms with Crippen LogP contribution in [0.25, 0.3) is 11.3 Å². The lowest BCUT2D eigenvalue weighted by Gasteiger charge is -2.16. The molecule has 0 atom stereocenters. The van der Waals surface area contributed by atoms with Gasteiger partial charge in [-0.25, -0.2) is 14.7 Å². The Morgan fingerprint density at radius 1 is 0.821 bits per heavy atom. The first-order chi connectivity index (χ1) is 18.5. The Morgan fingerprint density at radius 3 is 2.05 bits per heavy atom. The molecule has 2 aromatic heterocycles. The highest BCUT2D eigenvalue weighted by Crippen LogP contribution is 2.34. The van der Waals surface area contributed by atoms with Crippen LogP contribution in [0, 0.1) is 27.7 Å². The maximum Gasteiger partial charge on any atom is 0.281 e. The van der Waals surface area contributed by atoms with E-state index in [0.29, 0.717) is 34.2 Å². The van der Waals surface area contributed by atoms with Crippen LogP contribution in [0.4, 0.5) is 0 Å². The van der Waals surface area contributed by atoms with Crippen molar-refractivity contribution < 1.29 is 27.4 Å². The van der Waals surface area contributed by atoms with Crippen LogP contribution in [0.15, 0.2) is 65.7 Å². The van der Waals surface area contributed by atoms with Gasteiger partial charge in [-0.15, -0.1) is 0 Å². The molecule has 1 amide bonds. The lowest BCUT2D eigenvalue weighted by Crippen LogP contribution is -2.31. The number of benzene rings is 2. The van der Waals surface area contributed by atoms with E-state index in [9.17, 15) is 13.2 Å². The van der Waals surface area contributed by atoms with Crippen molar-refractivity contribution in [3.8, 4) is 34.4 Å². The van der Waals surface area contributed by atoms with Crippen molar-refractivity contribution in [2.75, 3.05) is 14.2 Å². The van der Waals surface area contributed by atoms with Gasteiger partial charge in [-0.05, 0) is 75.2 Å². The fourth-order valence-corrected chi connectivity index (χ4v) is 5.11. The van der Waals surface area contributed by atoms with E-state index >= 15 is 0 Å². The van der Waals surface area contributed by atoms with E-state index in [0.717, 1.165) is 16.7 Å². The van der Waals surface area contributed by atoms with Gasteiger partial charge in [0.25, 0.3) is 15.9 Å². The van der Waals surface area contributed by atoms with Crippen LogP contribution in [0.5, 0.6) is 23.1 Å². The predicted octanol–water partition coefficient (Wildman–Crippen LogP) is 5.31. The zero-order chi connectivity index (χ0) is 28.3. The highest BCUT2D eigenvalue weighted by Gasteiger charge is 2.25. The fourth-order valence-electron chi connectivity index (χ4n) is 4.13. The maximum atomic E-state index is 13.3. The molecule has 39 heavy (non-hydrogen) atoms. The molecule has 0 aliphatic rings. The molecule has 2 aromatic carbocycles. The normalized spacial score (nSPS) is 11.1. The molecule has 0 bridgehead atoms. The van der Waals surface area contributed by atoms with Crippen molar-refractivity contribution in [2.24, 2.45) is 0 Å². The van der Waals surface area contributed by atoms with Gasteiger partial charge in [-0.2, -0.15) is 8.42 Å². The largest absolute Gasteiger partial charge is 0.497 e. The Morgan fingerprint density at radius 2 is 1.46 bits per heavy atom. The van der Waals surface area contributed by atoms with Crippen molar-refractivity contribution in [3.63, 3.8) is 0 Å². The maximum absolute atomic E-state index is 13.3. The van der Waals surface area contributed by atoms with Gasteiger partial charge in [-0.3, -0.25) is 4.79 Å². The molecule has 0 spiro atoms. The molecule has 10 heteroatoms. The summed E-state index contributed by atoms with van der Waals surface area (Å²) in [5.41, 5.74) is 4.28. The Balaban J connectivity index is 1.81. The first-order valence-electron chi connectivity index (χ1n) is 12.0. The summed E-state index contributed by atoms with van der Waals surface area (Å²) in [6.45, 7) is 7.41. The first kappa shape index (κ1) is 27.6. The average Bonchev–Trinajstić information content (AvgIpc) is 2.90. The van der Waals surface area contributed by atoms with E-state index in [1.165, 1.54) is 12.1 Å². The third-order valence-electron chi connectivity index (χ3n) is 5.92. The second-order valence-electron chi connectivity index (χ2n) is 9.03. The van der Waals surface area contributed by atoms with E-state index in [4.69, 9.17) is 14.2 Å². The minimum absolute atomic E-state index is 0.0609. The molecule has 202 valence electrons. The number of carbonyl (C=O) groups excluding carboxylic acids is 1. The highest BCUT2D eigenvalue weighted by atomic mass is 32.2. The molecule has 0 saturated carbocycles. The number of hydrogen-bond donors (Lipinski definition) is 1. The third-order valence-corrected chi connectivity index (χ3v) is 7.15. The van der Waals surface area contributed by atoms with E-state index in [-0.39, 0.29) is 16.5 Å². The van der Waals surface area contributed by atoms with Gasteiger partial charge in [-0.1, -0.05) is 23.8 Å². The Hall–Kier alpha value is -4.44. The van der Waals surface area contributed by atoms with Crippen LogP contribution in [0.2, 0.25) is 0 Å². The molecule has 4 rings (SSSR count). The first-order valence-corrected chi connectivity index (χ1v) is 13.5. The van der Waals surface area contributed by atoms with Gasteiger partial charge in [0.15, 0.2) is 5.03 Å². The molecule has 1 N–H and O–H groups in total. The summed E-state index contributed by atoms with van der Waals surface area (Å²) in [5, 5.41) is -0.267. The quantitative estimate of drug-likeness (QED) is 0.316. The average molecular weight is 548 g/mol. The third kappa shape index (κ3) is 6.18. The second kappa shape index (κ2) is 11.1. The number of sulfonamides is 1. The van der Waals surface area contributed by atoms with E-state index in [1.807, 2.05) is 32.9 Å². The lowest BCUT2D eigenvalue weighted by atomic mass is 10.1. The number of nitrogens with one attached hydrogen (secondary N) is 1. The van der Waals surface area contributed by atoms with Crippen molar-refractivity contribution in [2.45, 2.75) is 32.7 Å². The summed E-state index contributed by atoms with van der Waals surface area (Å²) < 4.78 is 44.9. The molecule has 0 saturated heterocycles. The number of methoxy groups -OCH3 is 2. The van der Waals surface area contributed by atoms with Crippen molar-refractivity contribution in [3.05, 3.63) is 88.6 Å². The summed E-state index contributed by atoms with van der Waals surface area (Å²) >= 11 is 0. The lowest BCUT2D eigenvalue weighted by molar-refractivity contribution is 0.0978. The molecule has 9 nitrogen and oxygen atoms in total. The molecular weight excluding hydrogens is 518 g/mol.